The Morgan fingerprint density at radius 1 is 1.21 bits per heavy atom. The molecule has 1 atom stereocenters. The van der Waals surface area contributed by atoms with E-state index in [9.17, 15) is 14.7 Å². The summed E-state index contributed by atoms with van der Waals surface area (Å²) in [6, 6.07) is 12.7. The number of benzene rings is 2. The number of ether oxygens (including phenoxy) is 3. The Bertz CT molecular complexity index is 1270. The number of hydrogen-bond donors (Lipinski definition) is 1. The van der Waals surface area contributed by atoms with Gasteiger partial charge in [0.15, 0.2) is 11.5 Å². The molecule has 1 N–H and O–H groups in total. The van der Waals surface area contributed by atoms with E-state index in [2.05, 4.69) is 0 Å². The van der Waals surface area contributed by atoms with Crippen LogP contribution in [0, 0.1) is 0 Å². The predicted molar refractivity (Wildman–Crippen MR) is 123 cm³/mol. The number of carbonyl (C=O) groups excluding carboxylic acids is 2. The molecule has 2 aliphatic heterocycles. The Kier molecular flexibility index (Phi) is 5.47. The fourth-order valence-electron chi connectivity index (χ4n) is 4.03. The molecule has 7 nitrogen and oxygen atoms in total. The van der Waals surface area contributed by atoms with Gasteiger partial charge in [0, 0.05) is 15.5 Å². The summed E-state index contributed by atoms with van der Waals surface area (Å²) < 4.78 is 16.5. The third-order valence-electron chi connectivity index (χ3n) is 5.56. The number of halogens is 1. The summed E-state index contributed by atoms with van der Waals surface area (Å²) in [5.74, 6) is -0.429. The van der Waals surface area contributed by atoms with Crippen molar-refractivity contribution in [2.75, 3.05) is 13.9 Å². The fraction of sp³-hybridized carbons (Fsp3) is 0.167. The number of amides is 1. The highest BCUT2D eigenvalue weighted by molar-refractivity contribution is 7.09. The smallest absolute Gasteiger partial charge is 0.295 e. The van der Waals surface area contributed by atoms with Gasteiger partial charge in [0.25, 0.3) is 11.7 Å². The van der Waals surface area contributed by atoms with Gasteiger partial charge in [0.1, 0.15) is 5.76 Å². The highest BCUT2D eigenvalue weighted by atomic mass is 35.5. The number of rotatable bonds is 5. The van der Waals surface area contributed by atoms with Crippen molar-refractivity contribution in [1.82, 2.24) is 4.90 Å². The van der Waals surface area contributed by atoms with E-state index in [0.29, 0.717) is 33.4 Å². The van der Waals surface area contributed by atoms with Crippen molar-refractivity contribution in [2.45, 2.75) is 12.6 Å². The van der Waals surface area contributed by atoms with Crippen LogP contribution >= 0.6 is 22.9 Å². The number of fused-ring (bicyclic) bond motifs is 1. The number of methoxy groups -OCH3 is 1. The van der Waals surface area contributed by atoms with Crippen molar-refractivity contribution >= 4 is 40.4 Å². The van der Waals surface area contributed by atoms with Gasteiger partial charge in [-0.25, -0.2) is 0 Å². The number of nitrogens with zero attached hydrogens (tertiary/aromatic N) is 1. The zero-order chi connectivity index (χ0) is 23.1. The standard InChI is InChI=1S/C24H18ClNO6S/c1-30-17-9-14(10-18-23(17)32-12-31-18)20-19(21(27)13-4-6-15(25)7-5-13)22(28)24(29)26(20)11-16-3-2-8-33-16/h2-10,20,27H,11-12H2,1H3/b21-19+. The minimum Gasteiger partial charge on any atom is -0.507 e. The highest BCUT2D eigenvalue weighted by Crippen LogP contribution is 2.47. The zero-order valence-electron chi connectivity index (χ0n) is 17.4. The normalized spacial score (nSPS) is 18.7. The molecule has 0 radical (unpaired) electrons. The third-order valence-corrected chi connectivity index (χ3v) is 6.67. The molecular formula is C24H18ClNO6S. The number of ketones is 1. The van der Waals surface area contributed by atoms with Crippen LogP contribution in [0.15, 0.2) is 59.5 Å². The molecule has 9 heteroatoms. The van der Waals surface area contributed by atoms with Gasteiger partial charge in [-0.3, -0.25) is 9.59 Å². The van der Waals surface area contributed by atoms with Crippen molar-refractivity contribution < 1.29 is 28.9 Å². The molecule has 0 bridgehead atoms. The molecule has 1 amide bonds. The van der Waals surface area contributed by atoms with Crippen LogP contribution < -0.4 is 14.2 Å². The Morgan fingerprint density at radius 3 is 2.70 bits per heavy atom. The molecule has 5 rings (SSSR count). The van der Waals surface area contributed by atoms with E-state index in [-0.39, 0.29) is 24.7 Å². The molecule has 33 heavy (non-hydrogen) atoms. The second-order valence-corrected chi connectivity index (χ2v) is 8.94. The van der Waals surface area contributed by atoms with Crippen LogP contribution in [0.2, 0.25) is 5.02 Å². The number of carbonyl (C=O) groups is 2. The monoisotopic (exact) mass is 483 g/mol. The van der Waals surface area contributed by atoms with E-state index in [0.717, 1.165) is 4.88 Å². The summed E-state index contributed by atoms with van der Waals surface area (Å²) in [5.41, 5.74) is 0.924. The minimum absolute atomic E-state index is 0.0141. The van der Waals surface area contributed by atoms with E-state index in [1.54, 1.807) is 36.4 Å². The lowest BCUT2D eigenvalue weighted by Crippen LogP contribution is -2.28. The average Bonchev–Trinajstić information content (AvgIpc) is 3.55. The maximum absolute atomic E-state index is 13.2. The molecule has 0 spiro atoms. The lowest BCUT2D eigenvalue weighted by Gasteiger charge is -2.25. The molecule has 168 valence electrons. The van der Waals surface area contributed by atoms with Crippen LogP contribution in [0.1, 0.15) is 22.0 Å². The van der Waals surface area contributed by atoms with E-state index in [4.69, 9.17) is 25.8 Å². The van der Waals surface area contributed by atoms with Crippen molar-refractivity contribution in [3.8, 4) is 17.2 Å². The summed E-state index contributed by atoms with van der Waals surface area (Å²) in [6.07, 6.45) is 0. The zero-order valence-corrected chi connectivity index (χ0v) is 19.0. The number of hydrogen-bond acceptors (Lipinski definition) is 7. The summed E-state index contributed by atoms with van der Waals surface area (Å²) in [6.45, 7) is 0.246. The number of thiophene rings is 1. The van der Waals surface area contributed by atoms with Gasteiger partial charge in [-0.2, -0.15) is 0 Å². The summed E-state index contributed by atoms with van der Waals surface area (Å²) in [7, 11) is 1.50. The summed E-state index contributed by atoms with van der Waals surface area (Å²) in [5, 5.41) is 13.5. The molecule has 1 fully saturated rings. The molecule has 1 saturated heterocycles. The Morgan fingerprint density at radius 2 is 2.00 bits per heavy atom. The molecule has 2 aliphatic rings. The number of likely N-dealkylation sites (tertiary alicyclic amines) is 1. The van der Waals surface area contributed by atoms with Crippen LogP contribution in [0.5, 0.6) is 17.2 Å². The Labute approximate surface area is 198 Å². The predicted octanol–water partition coefficient (Wildman–Crippen LogP) is 4.76. The molecule has 0 saturated carbocycles. The van der Waals surface area contributed by atoms with E-state index in [1.807, 2.05) is 17.5 Å². The van der Waals surface area contributed by atoms with Crippen LogP contribution in [0.4, 0.5) is 0 Å². The van der Waals surface area contributed by atoms with Crippen molar-refractivity contribution in [1.29, 1.82) is 0 Å². The first-order valence-corrected chi connectivity index (χ1v) is 11.3. The molecular weight excluding hydrogens is 466 g/mol. The van der Waals surface area contributed by atoms with E-state index in [1.165, 1.54) is 23.3 Å². The van der Waals surface area contributed by atoms with Crippen LogP contribution in [-0.2, 0) is 16.1 Å². The van der Waals surface area contributed by atoms with Crippen LogP contribution in [-0.4, -0.2) is 35.6 Å². The fourth-order valence-corrected chi connectivity index (χ4v) is 4.86. The third kappa shape index (κ3) is 3.71. The summed E-state index contributed by atoms with van der Waals surface area (Å²) in [4.78, 5) is 28.7. The molecule has 1 aromatic heterocycles. The van der Waals surface area contributed by atoms with E-state index >= 15 is 0 Å². The lowest BCUT2D eigenvalue weighted by molar-refractivity contribution is -0.140. The molecule has 2 aromatic carbocycles. The largest absolute Gasteiger partial charge is 0.507 e. The SMILES string of the molecule is COc1cc(C2/C(=C(\O)c3ccc(Cl)cc3)C(=O)C(=O)N2Cc2cccs2)cc2c1OCO2. The van der Waals surface area contributed by atoms with Gasteiger partial charge in [-0.15, -0.1) is 11.3 Å². The van der Waals surface area contributed by atoms with Gasteiger partial charge >= 0.3 is 0 Å². The van der Waals surface area contributed by atoms with Crippen LogP contribution in [0.25, 0.3) is 5.76 Å². The summed E-state index contributed by atoms with van der Waals surface area (Å²) >= 11 is 7.45. The first-order chi connectivity index (χ1) is 16.0. The number of Topliss-reactive ketones (excluding diaryl/α,β-unsaturated/α-hetero) is 1. The highest BCUT2D eigenvalue weighted by Gasteiger charge is 2.47. The topological polar surface area (TPSA) is 85.3 Å². The second kappa shape index (κ2) is 8.46. The van der Waals surface area contributed by atoms with Crippen molar-refractivity contribution in [2.24, 2.45) is 0 Å². The number of aliphatic hydroxyl groups is 1. The average molecular weight is 484 g/mol. The molecule has 1 unspecified atom stereocenters. The Balaban J connectivity index is 1.69. The van der Waals surface area contributed by atoms with Crippen LogP contribution in [0.3, 0.4) is 0 Å². The van der Waals surface area contributed by atoms with Gasteiger partial charge in [-0.1, -0.05) is 17.7 Å². The van der Waals surface area contributed by atoms with Gasteiger partial charge < -0.3 is 24.2 Å². The molecule has 3 heterocycles. The minimum atomic E-state index is -0.855. The lowest BCUT2D eigenvalue weighted by atomic mass is 9.94. The maximum atomic E-state index is 13.2. The van der Waals surface area contributed by atoms with Crippen molar-refractivity contribution in [3.05, 3.63) is 80.5 Å². The second-order valence-electron chi connectivity index (χ2n) is 7.47. The van der Waals surface area contributed by atoms with Gasteiger partial charge in [-0.05, 0) is 53.4 Å². The molecule has 3 aromatic rings. The maximum Gasteiger partial charge on any atom is 0.295 e. The first kappa shape index (κ1) is 21.4. The number of aliphatic hydroxyl groups excluding tert-OH is 1. The van der Waals surface area contributed by atoms with Crippen molar-refractivity contribution in [3.63, 3.8) is 0 Å². The first-order valence-electron chi connectivity index (χ1n) is 10.0. The molecule has 0 aliphatic carbocycles. The van der Waals surface area contributed by atoms with E-state index < -0.39 is 17.7 Å². The Hall–Kier alpha value is -3.49. The quantitative estimate of drug-likeness (QED) is 0.320. The van der Waals surface area contributed by atoms with Gasteiger partial charge in [0.2, 0.25) is 12.5 Å². The van der Waals surface area contributed by atoms with Gasteiger partial charge in [0.05, 0.1) is 25.3 Å².